The molecule has 2 N–H and O–H groups in total. The molecule has 0 bridgehead atoms. The first-order chi connectivity index (χ1) is 9.13. The van der Waals surface area contributed by atoms with Crippen molar-refractivity contribution in [2.45, 2.75) is 39.2 Å². The van der Waals surface area contributed by atoms with Crippen LogP contribution in [0.15, 0.2) is 30.0 Å². The Kier molecular flexibility index (Phi) is 4.77. The normalized spacial score (nSPS) is 14.8. The predicted molar refractivity (Wildman–Crippen MR) is 81.6 cm³/mol. The second kappa shape index (κ2) is 6.35. The first kappa shape index (κ1) is 14.3. The van der Waals surface area contributed by atoms with Gasteiger partial charge < -0.3 is 10.3 Å². The average molecular weight is 277 g/mol. The molecule has 0 radical (unpaired) electrons. The highest BCUT2D eigenvalue weighted by atomic mass is 32.1. The number of nitrogens with two attached hydrogens (primary N) is 1. The molecule has 19 heavy (non-hydrogen) atoms. The number of thiophene rings is 1. The van der Waals surface area contributed by atoms with Crippen molar-refractivity contribution in [3.63, 3.8) is 0 Å². The standard InChI is InChI=1S/C15H23N3S/c1-11(2)14(8-16)15-9-17-10-18(15)12(3)7-13-5-4-6-19-13/h4-6,9-12,14H,7-8,16H2,1-3H3. The molecule has 4 heteroatoms. The van der Waals surface area contributed by atoms with Gasteiger partial charge in [-0.1, -0.05) is 19.9 Å². The number of hydrogen-bond donors (Lipinski definition) is 1. The van der Waals surface area contributed by atoms with Gasteiger partial charge in [0.1, 0.15) is 0 Å². The summed E-state index contributed by atoms with van der Waals surface area (Å²) >= 11 is 1.82. The van der Waals surface area contributed by atoms with Crippen LogP contribution in [0, 0.1) is 5.92 Å². The van der Waals surface area contributed by atoms with Crippen molar-refractivity contribution in [2.75, 3.05) is 6.54 Å². The van der Waals surface area contributed by atoms with Gasteiger partial charge in [-0.25, -0.2) is 4.98 Å². The number of hydrogen-bond acceptors (Lipinski definition) is 3. The summed E-state index contributed by atoms with van der Waals surface area (Å²) in [5.41, 5.74) is 7.20. The van der Waals surface area contributed by atoms with E-state index in [1.54, 1.807) is 0 Å². The van der Waals surface area contributed by atoms with Crippen molar-refractivity contribution in [1.29, 1.82) is 0 Å². The first-order valence-corrected chi connectivity index (χ1v) is 7.75. The minimum atomic E-state index is 0.383. The Hall–Kier alpha value is -1.13. The fourth-order valence-electron chi connectivity index (χ4n) is 2.52. The van der Waals surface area contributed by atoms with Gasteiger partial charge in [0.05, 0.1) is 6.33 Å². The summed E-state index contributed by atoms with van der Waals surface area (Å²) in [4.78, 5) is 5.75. The van der Waals surface area contributed by atoms with Crippen LogP contribution in [0.3, 0.4) is 0 Å². The van der Waals surface area contributed by atoms with Crippen molar-refractivity contribution in [2.24, 2.45) is 11.7 Å². The highest BCUT2D eigenvalue weighted by Crippen LogP contribution is 2.27. The lowest BCUT2D eigenvalue weighted by Gasteiger charge is -2.23. The Labute approximate surface area is 119 Å². The molecule has 2 aromatic rings. The molecule has 0 aliphatic rings. The molecule has 2 aromatic heterocycles. The molecule has 2 unspecified atom stereocenters. The summed E-state index contributed by atoms with van der Waals surface area (Å²) in [6, 6.07) is 4.72. The van der Waals surface area contributed by atoms with Gasteiger partial charge in [-0.3, -0.25) is 0 Å². The average Bonchev–Trinajstić information content (AvgIpc) is 3.00. The maximum atomic E-state index is 5.93. The van der Waals surface area contributed by atoms with E-state index in [1.807, 2.05) is 23.9 Å². The van der Waals surface area contributed by atoms with Crippen LogP contribution in [-0.2, 0) is 6.42 Å². The molecule has 0 aromatic carbocycles. The smallest absolute Gasteiger partial charge is 0.0950 e. The van der Waals surface area contributed by atoms with Crippen molar-refractivity contribution in [1.82, 2.24) is 9.55 Å². The summed E-state index contributed by atoms with van der Waals surface area (Å²) in [6.07, 6.45) is 4.97. The van der Waals surface area contributed by atoms with Crippen LogP contribution in [-0.4, -0.2) is 16.1 Å². The molecule has 2 heterocycles. The SMILES string of the molecule is CC(C)C(CN)c1cncn1C(C)Cc1cccs1. The minimum absolute atomic E-state index is 0.383. The molecule has 2 atom stereocenters. The third kappa shape index (κ3) is 3.25. The first-order valence-electron chi connectivity index (χ1n) is 6.87. The lowest BCUT2D eigenvalue weighted by atomic mass is 9.92. The van der Waals surface area contributed by atoms with E-state index < -0.39 is 0 Å². The maximum absolute atomic E-state index is 5.93. The largest absolute Gasteiger partial charge is 0.331 e. The zero-order valence-electron chi connectivity index (χ0n) is 11.9. The highest BCUT2D eigenvalue weighted by Gasteiger charge is 2.20. The summed E-state index contributed by atoms with van der Waals surface area (Å²) in [5, 5.41) is 2.13. The molecule has 0 amide bonds. The molecule has 0 aliphatic carbocycles. The lowest BCUT2D eigenvalue weighted by Crippen LogP contribution is -2.22. The molecule has 0 saturated heterocycles. The van der Waals surface area contributed by atoms with E-state index in [-0.39, 0.29) is 0 Å². The summed E-state index contributed by atoms with van der Waals surface area (Å²) in [5.74, 6) is 0.919. The van der Waals surface area contributed by atoms with Gasteiger partial charge in [-0.2, -0.15) is 0 Å². The van der Waals surface area contributed by atoms with Gasteiger partial charge in [0.15, 0.2) is 0 Å². The zero-order valence-corrected chi connectivity index (χ0v) is 12.7. The van der Waals surface area contributed by atoms with Crippen molar-refractivity contribution in [3.8, 4) is 0 Å². The maximum Gasteiger partial charge on any atom is 0.0950 e. The Morgan fingerprint density at radius 2 is 2.16 bits per heavy atom. The molecule has 0 saturated carbocycles. The minimum Gasteiger partial charge on any atom is -0.331 e. The molecular formula is C15H23N3S. The Balaban J connectivity index is 2.18. The molecule has 3 nitrogen and oxygen atoms in total. The van der Waals surface area contributed by atoms with Crippen molar-refractivity contribution in [3.05, 3.63) is 40.6 Å². The van der Waals surface area contributed by atoms with Gasteiger partial charge in [-0.15, -0.1) is 11.3 Å². The number of rotatable bonds is 6. The Morgan fingerprint density at radius 1 is 1.37 bits per heavy atom. The van der Waals surface area contributed by atoms with Gasteiger partial charge in [0.2, 0.25) is 0 Å². The number of imidazole rings is 1. The van der Waals surface area contributed by atoms with E-state index >= 15 is 0 Å². The fourth-order valence-corrected chi connectivity index (χ4v) is 3.35. The van der Waals surface area contributed by atoms with Crippen molar-refractivity contribution < 1.29 is 0 Å². The molecule has 2 rings (SSSR count). The summed E-state index contributed by atoms with van der Waals surface area (Å²) in [6.45, 7) is 7.37. The van der Waals surface area contributed by atoms with Gasteiger partial charge in [-0.05, 0) is 24.3 Å². The molecule has 0 aliphatic heterocycles. The van der Waals surface area contributed by atoms with E-state index in [0.717, 1.165) is 6.42 Å². The summed E-state index contributed by atoms with van der Waals surface area (Å²) in [7, 11) is 0. The van der Waals surface area contributed by atoms with Crippen LogP contribution < -0.4 is 5.73 Å². The van der Waals surface area contributed by atoms with Gasteiger partial charge in [0, 0.05) is 41.7 Å². The Morgan fingerprint density at radius 3 is 2.74 bits per heavy atom. The van der Waals surface area contributed by atoms with Crippen LogP contribution in [0.25, 0.3) is 0 Å². The van der Waals surface area contributed by atoms with Crippen LogP contribution >= 0.6 is 11.3 Å². The second-order valence-corrected chi connectivity index (χ2v) is 6.48. The van der Waals surface area contributed by atoms with E-state index in [1.165, 1.54) is 10.6 Å². The molecule has 104 valence electrons. The van der Waals surface area contributed by atoms with Crippen molar-refractivity contribution >= 4 is 11.3 Å². The van der Waals surface area contributed by atoms with Gasteiger partial charge in [0.25, 0.3) is 0 Å². The highest BCUT2D eigenvalue weighted by molar-refractivity contribution is 7.09. The summed E-state index contributed by atoms with van der Waals surface area (Å²) < 4.78 is 2.29. The van der Waals surface area contributed by atoms with Crippen LogP contribution in [0.1, 0.15) is 43.3 Å². The van der Waals surface area contributed by atoms with E-state index in [2.05, 4.69) is 47.8 Å². The second-order valence-electron chi connectivity index (χ2n) is 5.44. The van der Waals surface area contributed by atoms with E-state index in [4.69, 9.17) is 5.73 Å². The van der Waals surface area contributed by atoms with Crippen LogP contribution in [0.5, 0.6) is 0 Å². The zero-order chi connectivity index (χ0) is 13.8. The predicted octanol–water partition coefficient (Wildman–Crippen LogP) is 3.45. The van der Waals surface area contributed by atoms with E-state index in [0.29, 0.717) is 24.4 Å². The third-order valence-electron chi connectivity index (χ3n) is 3.69. The van der Waals surface area contributed by atoms with Crippen LogP contribution in [0.2, 0.25) is 0 Å². The number of aromatic nitrogens is 2. The topological polar surface area (TPSA) is 43.8 Å². The monoisotopic (exact) mass is 277 g/mol. The molecular weight excluding hydrogens is 254 g/mol. The lowest BCUT2D eigenvalue weighted by molar-refractivity contribution is 0.444. The van der Waals surface area contributed by atoms with E-state index in [9.17, 15) is 0 Å². The fraction of sp³-hybridized carbons (Fsp3) is 0.533. The number of nitrogens with zero attached hydrogens (tertiary/aromatic N) is 2. The Bertz CT molecular complexity index is 487. The molecule has 0 spiro atoms. The third-order valence-corrected chi connectivity index (χ3v) is 4.58. The molecule has 0 fully saturated rings. The quantitative estimate of drug-likeness (QED) is 0.879. The van der Waals surface area contributed by atoms with Gasteiger partial charge >= 0.3 is 0 Å². The van der Waals surface area contributed by atoms with Crippen LogP contribution in [0.4, 0.5) is 0 Å².